The predicted molar refractivity (Wildman–Crippen MR) is 61.5 cm³/mol. The van der Waals surface area contributed by atoms with Crippen LogP contribution in [-0.4, -0.2) is 30.3 Å². The highest BCUT2D eigenvalue weighted by Gasteiger charge is 2.23. The monoisotopic (exact) mass is 237 g/mol. The van der Waals surface area contributed by atoms with Crippen molar-refractivity contribution in [1.82, 2.24) is 0 Å². The van der Waals surface area contributed by atoms with Crippen molar-refractivity contribution in [3.8, 4) is 11.5 Å². The third-order valence-electron chi connectivity index (χ3n) is 2.92. The number of nitrogens with two attached hydrogens (primary N) is 1. The van der Waals surface area contributed by atoms with Crippen LogP contribution in [-0.2, 0) is 4.79 Å². The molecule has 5 nitrogen and oxygen atoms in total. The molecule has 17 heavy (non-hydrogen) atoms. The summed E-state index contributed by atoms with van der Waals surface area (Å²) in [4.78, 5) is 10.8. The highest BCUT2D eigenvalue weighted by Crippen LogP contribution is 2.33. The van der Waals surface area contributed by atoms with Crippen LogP contribution in [0.4, 0.5) is 0 Å². The average Bonchev–Trinajstić information content (AvgIpc) is 2.36. The number of benzene rings is 1. The fourth-order valence-corrected chi connectivity index (χ4v) is 1.76. The van der Waals surface area contributed by atoms with Gasteiger partial charge in [-0.15, -0.1) is 0 Å². The van der Waals surface area contributed by atoms with Crippen molar-refractivity contribution >= 4 is 5.97 Å². The Morgan fingerprint density at radius 3 is 2.65 bits per heavy atom. The van der Waals surface area contributed by atoms with Crippen LogP contribution >= 0.6 is 0 Å². The van der Waals surface area contributed by atoms with Gasteiger partial charge in [0.2, 0.25) is 0 Å². The summed E-state index contributed by atoms with van der Waals surface area (Å²) in [7, 11) is 0. The summed E-state index contributed by atoms with van der Waals surface area (Å²) >= 11 is 0. The SMILES string of the molecule is CC(c1ccc2c(c1)OCCO2)C(N)C(=O)O. The molecule has 0 radical (unpaired) electrons. The van der Waals surface area contributed by atoms with E-state index in [0.29, 0.717) is 24.7 Å². The van der Waals surface area contributed by atoms with E-state index >= 15 is 0 Å². The number of carboxylic acid groups (broad SMARTS) is 1. The van der Waals surface area contributed by atoms with E-state index in [1.165, 1.54) is 0 Å². The Morgan fingerprint density at radius 1 is 1.35 bits per heavy atom. The van der Waals surface area contributed by atoms with Gasteiger partial charge in [-0.2, -0.15) is 0 Å². The van der Waals surface area contributed by atoms with Crippen molar-refractivity contribution in [1.29, 1.82) is 0 Å². The molecular weight excluding hydrogens is 222 g/mol. The average molecular weight is 237 g/mol. The zero-order valence-corrected chi connectivity index (χ0v) is 9.55. The van der Waals surface area contributed by atoms with Crippen LogP contribution in [0.2, 0.25) is 0 Å². The fraction of sp³-hybridized carbons (Fsp3) is 0.417. The largest absolute Gasteiger partial charge is 0.486 e. The molecule has 0 aromatic heterocycles. The lowest BCUT2D eigenvalue weighted by Crippen LogP contribution is -2.35. The second kappa shape index (κ2) is 4.63. The van der Waals surface area contributed by atoms with Gasteiger partial charge in [0, 0.05) is 5.92 Å². The topological polar surface area (TPSA) is 81.8 Å². The van der Waals surface area contributed by atoms with Crippen molar-refractivity contribution in [2.24, 2.45) is 5.73 Å². The van der Waals surface area contributed by atoms with Gasteiger partial charge >= 0.3 is 5.97 Å². The Bertz CT molecular complexity index is 433. The molecule has 1 aromatic rings. The zero-order valence-electron chi connectivity index (χ0n) is 9.55. The normalized spacial score (nSPS) is 17.3. The molecule has 0 spiro atoms. The number of rotatable bonds is 3. The van der Waals surface area contributed by atoms with Gasteiger partial charge in [-0.1, -0.05) is 13.0 Å². The number of carboxylic acids is 1. The summed E-state index contributed by atoms with van der Waals surface area (Å²) in [5.41, 5.74) is 6.43. The highest BCUT2D eigenvalue weighted by atomic mass is 16.6. The second-order valence-corrected chi connectivity index (χ2v) is 4.06. The third kappa shape index (κ3) is 2.34. The van der Waals surface area contributed by atoms with Crippen LogP contribution in [0.5, 0.6) is 11.5 Å². The van der Waals surface area contributed by atoms with E-state index in [1.54, 1.807) is 19.1 Å². The van der Waals surface area contributed by atoms with Crippen LogP contribution < -0.4 is 15.2 Å². The number of hydrogen-bond donors (Lipinski definition) is 2. The van der Waals surface area contributed by atoms with E-state index < -0.39 is 12.0 Å². The lowest BCUT2D eigenvalue weighted by molar-refractivity contribution is -0.139. The van der Waals surface area contributed by atoms with Crippen LogP contribution in [0.25, 0.3) is 0 Å². The maximum absolute atomic E-state index is 10.8. The van der Waals surface area contributed by atoms with Crippen molar-refractivity contribution in [2.45, 2.75) is 18.9 Å². The van der Waals surface area contributed by atoms with Crippen LogP contribution in [0.1, 0.15) is 18.4 Å². The minimum atomic E-state index is -1.01. The van der Waals surface area contributed by atoms with E-state index in [2.05, 4.69) is 0 Å². The first kappa shape index (κ1) is 11.7. The van der Waals surface area contributed by atoms with E-state index in [9.17, 15) is 4.79 Å². The van der Waals surface area contributed by atoms with Gasteiger partial charge < -0.3 is 20.3 Å². The molecule has 1 aromatic carbocycles. The summed E-state index contributed by atoms with van der Waals surface area (Å²) < 4.78 is 10.8. The molecule has 1 aliphatic heterocycles. The Labute approximate surface area is 99.1 Å². The van der Waals surface area contributed by atoms with Gasteiger partial charge in [-0.3, -0.25) is 4.79 Å². The van der Waals surface area contributed by atoms with Gasteiger partial charge in [0.1, 0.15) is 19.3 Å². The number of ether oxygens (including phenoxy) is 2. The van der Waals surface area contributed by atoms with Gasteiger partial charge in [0.05, 0.1) is 0 Å². The Kier molecular flexibility index (Phi) is 3.19. The predicted octanol–water partition coefficient (Wildman–Crippen LogP) is 0.973. The second-order valence-electron chi connectivity index (χ2n) is 4.06. The molecule has 5 heteroatoms. The molecule has 92 valence electrons. The molecule has 2 unspecified atom stereocenters. The summed E-state index contributed by atoms with van der Waals surface area (Å²) in [5.74, 6) is 0.0602. The van der Waals surface area contributed by atoms with Crippen molar-refractivity contribution in [2.75, 3.05) is 13.2 Å². The lowest BCUT2D eigenvalue weighted by atomic mass is 9.93. The maximum Gasteiger partial charge on any atom is 0.321 e. The minimum absolute atomic E-state index is 0.275. The first-order valence-corrected chi connectivity index (χ1v) is 5.47. The third-order valence-corrected chi connectivity index (χ3v) is 2.92. The number of fused-ring (bicyclic) bond motifs is 1. The molecule has 0 fully saturated rings. The minimum Gasteiger partial charge on any atom is -0.486 e. The quantitative estimate of drug-likeness (QED) is 0.818. The van der Waals surface area contributed by atoms with Crippen molar-refractivity contribution < 1.29 is 19.4 Å². The van der Waals surface area contributed by atoms with E-state index in [0.717, 1.165) is 5.56 Å². The first-order chi connectivity index (χ1) is 8.09. The van der Waals surface area contributed by atoms with Gasteiger partial charge in [0.15, 0.2) is 11.5 Å². The lowest BCUT2D eigenvalue weighted by Gasteiger charge is -2.21. The van der Waals surface area contributed by atoms with Crippen molar-refractivity contribution in [3.05, 3.63) is 23.8 Å². The summed E-state index contributed by atoms with van der Waals surface area (Å²) in [6.07, 6.45) is 0. The Hall–Kier alpha value is -1.75. The molecule has 0 bridgehead atoms. The van der Waals surface area contributed by atoms with Gasteiger partial charge in [-0.05, 0) is 17.7 Å². The number of carbonyl (C=O) groups is 1. The zero-order chi connectivity index (χ0) is 12.4. The number of hydrogen-bond acceptors (Lipinski definition) is 4. The molecule has 0 saturated heterocycles. The standard InChI is InChI=1S/C12H15NO4/c1-7(11(13)12(14)15)8-2-3-9-10(6-8)17-5-4-16-9/h2-3,6-7,11H,4-5,13H2,1H3,(H,14,15). The summed E-state index contributed by atoms with van der Waals surface area (Å²) in [6.45, 7) is 2.83. The van der Waals surface area contributed by atoms with Crippen LogP contribution in [0, 0.1) is 0 Å². The Morgan fingerprint density at radius 2 is 2.00 bits per heavy atom. The molecular formula is C12H15NO4. The molecule has 1 aliphatic rings. The Balaban J connectivity index is 2.24. The van der Waals surface area contributed by atoms with Crippen molar-refractivity contribution in [3.63, 3.8) is 0 Å². The molecule has 0 saturated carbocycles. The fourth-order valence-electron chi connectivity index (χ4n) is 1.76. The van der Waals surface area contributed by atoms with Crippen LogP contribution in [0.15, 0.2) is 18.2 Å². The molecule has 2 atom stereocenters. The van der Waals surface area contributed by atoms with Gasteiger partial charge in [-0.25, -0.2) is 0 Å². The number of aliphatic carboxylic acids is 1. The maximum atomic E-state index is 10.8. The van der Waals surface area contributed by atoms with Crippen LogP contribution in [0.3, 0.4) is 0 Å². The molecule has 3 N–H and O–H groups in total. The molecule has 2 rings (SSSR count). The van der Waals surface area contributed by atoms with Gasteiger partial charge in [0.25, 0.3) is 0 Å². The first-order valence-electron chi connectivity index (χ1n) is 5.47. The molecule has 1 heterocycles. The molecule has 0 aliphatic carbocycles. The summed E-state index contributed by atoms with van der Waals surface area (Å²) in [5, 5.41) is 8.87. The smallest absolute Gasteiger partial charge is 0.321 e. The molecule has 0 amide bonds. The summed E-state index contributed by atoms with van der Waals surface area (Å²) in [6, 6.07) is 4.48. The highest BCUT2D eigenvalue weighted by molar-refractivity contribution is 5.74. The van der Waals surface area contributed by atoms with E-state index in [4.69, 9.17) is 20.3 Å². The van der Waals surface area contributed by atoms with E-state index in [-0.39, 0.29) is 5.92 Å². The van der Waals surface area contributed by atoms with E-state index in [1.807, 2.05) is 6.07 Å².